The molecule has 106 valence electrons. The lowest BCUT2D eigenvalue weighted by atomic mass is 10.4. The largest absolute Gasteiger partial charge is 0.477 e. The third-order valence-electron chi connectivity index (χ3n) is 2.65. The Morgan fingerprint density at radius 3 is 2.70 bits per heavy atom. The van der Waals surface area contributed by atoms with Crippen molar-refractivity contribution in [2.24, 2.45) is 0 Å². The van der Waals surface area contributed by atoms with E-state index in [2.05, 4.69) is 9.71 Å². The predicted molar refractivity (Wildman–Crippen MR) is 72.1 cm³/mol. The van der Waals surface area contributed by atoms with E-state index in [9.17, 15) is 13.2 Å². The zero-order valence-corrected chi connectivity index (χ0v) is 11.5. The third kappa shape index (κ3) is 2.80. The van der Waals surface area contributed by atoms with Crippen molar-refractivity contribution >= 4 is 21.8 Å². The molecule has 0 unspecified atom stereocenters. The number of anilines is 1. The quantitative estimate of drug-likeness (QED) is 0.868. The van der Waals surface area contributed by atoms with Crippen LogP contribution in [0.3, 0.4) is 0 Å². The van der Waals surface area contributed by atoms with Gasteiger partial charge < -0.3 is 9.67 Å². The molecule has 0 saturated heterocycles. The first-order chi connectivity index (χ1) is 9.44. The fourth-order valence-electron chi connectivity index (χ4n) is 1.69. The van der Waals surface area contributed by atoms with Crippen molar-refractivity contribution < 1.29 is 18.3 Å². The summed E-state index contributed by atoms with van der Waals surface area (Å²) in [6.45, 7) is 2.09. The molecule has 0 amide bonds. The number of carbonyl (C=O) groups is 1. The fraction of sp³-hybridized carbons (Fsp3) is 0.167. The first-order valence-electron chi connectivity index (χ1n) is 5.81. The predicted octanol–water partition coefficient (Wildman–Crippen LogP) is 1.40. The van der Waals surface area contributed by atoms with Crippen LogP contribution in [-0.2, 0) is 16.6 Å². The van der Waals surface area contributed by atoms with E-state index in [1.165, 1.54) is 23.0 Å². The molecule has 0 radical (unpaired) electrons. The Labute approximate surface area is 115 Å². The van der Waals surface area contributed by atoms with Crippen LogP contribution in [0, 0.1) is 0 Å². The summed E-state index contributed by atoms with van der Waals surface area (Å²) in [7, 11) is -3.86. The molecule has 0 saturated carbocycles. The molecule has 0 aliphatic rings. The van der Waals surface area contributed by atoms with Crippen molar-refractivity contribution in [3.8, 4) is 0 Å². The van der Waals surface area contributed by atoms with Gasteiger partial charge in [0.15, 0.2) is 0 Å². The molecule has 0 aliphatic heterocycles. The Bertz CT molecular complexity index is 722. The summed E-state index contributed by atoms with van der Waals surface area (Å²) in [5, 5.41) is 9.02. The maximum atomic E-state index is 12.1. The van der Waals surface area contributed by atoms with E-state index in [0.717, 1.165) is 6.07 Å². The van der Waals surface area contributed by atoms with Gasteiger partial charge in [-0.25, -0.2) is 18.2 Å². The maximum Gasteiger partial charge on any atom is 0.352 e. The lowest BCUT2D eigenvalue weighted by Crippen LogP contribution is -2.13. The molecule has 2 rings (SSSR count). The number of aryl methyl sites for hydroxylation is 1. The van der Waals surface area contributed by atoms with Crippen molar-refractivity contribution in [1.29, 1.82) is 0 Å². The lowest BCUT2D eigenvalue weighted by molar-refractivity contribution is 0.0685. The highest BCUT2D eigenvalue weighted by atomic mass is 32.2. The number of aromatic carboxylic acids is 1. The number of hydrogen-bond acceptors (Lipinski definition) is 4. The number of nitrogens with zero attached hydrogens (tertiary/aromatic N) is 2. The van der Waals surface area contributed by atoms with E-state index >= 15 is 0 Å². The molecule has 2 N–H and O–H groups in total. The Balaban J connectivity index is 2.37. The molecule has 2 aromatic heterocycles. The first kappa shape index (κ1) is 14.1. The molecule has 0 aromatic carbocycles. The standard InChI is InChI=1S/C12H13N3O4S/c1-2-15-8-9(7-10(15)12(16)17)20(18,19)14-11-5-3-4-6-13-11/h3-8H,2H2,1H3,(H,13,14)(H,16,17). The minimum Gasteiger partial charge on any atom is -0.477 e. The number of carboxylic acid groups (broad SMARTS) is 1. The van der Waals surface area contributed by atoms with Gasteiger partial charge in [-0.1, -0.05) is 6.07 Å². The number of carboxylic acids is 1. The number of hydrogen-bond donors (Lipinski definition) is 2. The van der Waals surface area contributed by atoms with Gasteiger partial charge in [-0.2, -0.15) is 0 Å². The molecule has 20 heavy (non-hydrogen) atoms. The summed E-state index contributed by atoms with van der Waals surface area (Å²) >= 11 is 0. The fourth-order valence-corrected chi connectivity index (χ4v) is 2.74. The highest BCUT2D eigenvalue weighted by Crippen LogP contribution is 2.17. The van der Waals surface area contributed by atoms with Crippen LogP contribution in [0.25, 0.3) is 0 Å². The highest BCUT2D eigenvalue weighted by Gasteiger charge is 2.21. The minimum absolute atomic E-state index is 0.0751. The van der Waals surface area contributed by atoms with Crippen LogP contribution in [-0.4, -0.2) is 29.0 Å². The van der Waals surface area contributed by atoms with Gasteiger partial charge in [0.25, 0.3) is 10.0 Å². The van der Waals surface area contributed by atoms with Gasteiger partial charge in [0.05, 0.1) is 0 Å². The minimum atomic E-state index is -3.86. The average molecular weight is 295 g/mol. The molecular weight excluding hydrogens is 282 g/mol. The van der Waals surface area contributed by atoms with Gasteiger partial charge in [0, 0.05) is 18.9 Å². The van der Waals surface area contributed by atoms with E-state index < -0.39 is 16.0 Å². The highest BCUT2D eigenvalue weighted by molar-refractivity contribution is 7.92. The van der Waals surface area contributed by atoms with Crippen molar-refractivity contribution in [2.75, 3.05) is 4.72 Å². The van der Waals surface area contributed by atoms with Crippen LogP contribution in [0.5, 0.6) is 0 Å². The average Bonchev–Trinajstić information content (AvgIpc) is 2.84. The number of rotatable bonds is 5. The van der Waals surface area contributed by atoms with E-state index in [1.807, 2.05) is 0 Å². The van der Waals surface area contributed by atoms with Crippen LogP contribution in [0.1, 0.15) is 17.4 Å². The molecule has 2 aromatic rings. The van der Waals surface area contributed by atoms with Crippen LogP contribution in [0.2, 0.25) is 0 Å². The SMILES string of the molecule is CCn1cc(S(=O)(=O)Nc2ccccn2)cc1C(=O)O. The van der Waals surface area contributed by atoms with Crippen molar-refractivity contribution in [2.45, 2.75) is 18.4 Å². The summed E-state index contributed by atoms with van der Waals surface area (Å²) in [5.74, 6) is -1.00. The van der Waals surface area contributed by atoms with E-state index in [0.29, 0.717) is 6.54 Å². The van der Waals surface area contributed by atoms with Gasteiger partial charge in [-0.3, -0.25) is 4.72 Å². The lowest BCUT2D eigenvalue weighted by Gasteiger charge is -2.04. The molecule has 2 heterocycles. The maximum absolute atomic E-state index is 12.1. The van der Waals surface area contributed by atoms with Crippen LogP contribution < -0.4 is 4.72 Å². The third-order valence-corrected chi connectivity index (χ3v) is 3.97. The van der Waals surface area contributed by atoms with Gasteiger partial charge in [0.2, 0.25) is 0 Å². The second-order valence-electron chi connectivity index (χ2n) is 3.97. The first-order valence-corrected chi connectivity index (χ1v) is 7.29. The van der Waals surface area contributed by atoms with Gasteiger partial charge in [-0.05, 0) is 25.1 Å². The second kappa shape index (κ2) is 5.33. The Hall–Kier alpha value is -2.35. The van der Waals surface area contributed by atoms with Crippen LogP contribution in [0.4, 0.5) is 5.82 Å². The van der Waals surface area contributed by atoms with Crippen molar-refractivity contribution in [1.82, 2.24) is 9.55 Å². The topological polar surface area (TPSA) is 101 Å². The smallest absolute Gasteiger partial charge is 0.352 e. The summed E-state index contributed by atoms with van der Waals surface area (Å²) in [4.78, 5) is 14.8. The molecule has 8 heteroatoms. The zero-order valence-electron chi connectivity index (χ0n) is 10.6. The van der Waals surface area contributed by atoms with Crippen LogP contribution >= 0.6 is 0 Å². The van der Waals surface area contributed by atoms with E-state index in [4.69, 9.17) is 5.11 Å². The van der Waals surface area contributed by atoms with E-state index in [-0.39, 0.29) is 16.4 Å². The van der Waals surface area contributed by atoms with Gasteiger partial charge in [0.1, 0.15) is 16.4 Å². The molecule has 0 fully saturated rings. The second-order valence-corrected chi connectivity index (χ2v) is 5.66. The van der Waals surface area contributed by atoms with Gasteiger partial charge >= 0.3 is 5.97 Å². The number of aromatic nitrogens is 2. The molecule has 0 atom stereocenters. The summed E-state index contributed by atoms with van der Waals surface area (Å²) in [6.07, 6.45) is 2.74. The number of nitrogens with one attached hydrogen (secondary N) is 1. The number of pyridine rings is 1. The molecule has 0 bridgehead atoms. The summed E-state index contributed by atoms with van der Waals surface area (Å²) in [6, 6.07) is 5.93. The Kier molecular flexibility index (Phi) is 3.75. The summed E-state index contributed by atoms with van der Waals surface area (Å²) in [5.41, 5.74) is -0.0751. The number of sulfonamides is 1. The molecule has 0 spiro atoms. The normalized spacial score (nSPS) is 11.2. The molecular formula is C12H13N3O4S. The van der Waals surface area contributed by atoms with Crippen LogP contribution in [0.15, 0.2) is 41.6 Å². The molecule has 7 nitrogen and oxygen atoms in total. The van der Waals surface area contributed by atoms with Crippen molar-refractivity contribution in [3.63, 3.8) is 0 Å². The van der Waals surface area contributed by atoms with Crippen molar-refractivity contribution in [3.05, 3.63) is 42.4 Å². The molecule has 0 aliphatic carbocycles. The zero-order chi connectivity index (χ0) is 14.8. The Morgan fingerprint density at radius 2 is 2.20 bits per heavy atom. The Morgan fingerprint density at radius 1 is 1.45 bits per heavy atom. The van der Waals surface area contributed by atoms with Gasteiger partial charge in [-0.15, -0.1) is 0 Å². The van der Waals surface area contributed by atoms with E-state index in [1.54, 1.807) is 19.1 Å². The monoisotopic (exact) mass is 295 g/mol. The summed E-state index contributed by atoms with van der Waals surface area (Å²) < 4.78 is 27.9.